The molecule has 2 aromatic rings. The molecule has 2 amide bonds. The minimum absolute atomic E-state index is 0.117. The van der Waals surface area contributed by atoms with Crippen LogP contribution in [0.3, 0.4) is 0 Å². The lowest BCUT2D eigenvalue weighted by Crippen LogP contribution is -2.50. The van der Waals surface area contributed by atoms with Gasteiger partial charge in [-0.3, -0.25) is 14.4 Å². The molecule has 1 aliphatic heterocycles. The number of hydrogen-bond donors (Lipinski definition) is 1. The first-order valence-electron chi connectivity index (χ1n) is 10.2. The van der Waals surface area contributed by atoms with Crippen molar-refractivity contribution in [3.05, 3.63) is 41.6 Å². The van der Waals surface area contributed by atoms with Gasteiger partial charge in [-0.25, -0.2) is 0 Å². The molecule has 8 heteroatoms. The number of rotatable bonds is 6. The van der Waals surface area contributed by atoms with Gasteiger partial charge in [-0.15, -0.1) is 0 Å². The highest BCUT2D eigenvalue weighted by molar-refractivity contribution is 5.96. The number of likely N-dealkylation sites (tertiary alicyclic amines) is 1. The Kier molecular flexibility index (Phi) is 6.87. The molecule has 1 fully saturated rings. The smallest absolute Gasteiger partial charge is 0.309 e. The van der Waals surface area contributed by atoms with Crippen molar-refractivity contribution < 1.29 is 23.6 Å². The van der Waals surface area contributed by atoms with Crippen molar-refractivity contribution in [3.8, 4) is 11.3 Å². The highest BCUT2D eigenvalue weighted by Gasteiger charge is 2.30. The van der Waals surface area contributed by atoms with Crippen molar-refractivity contribution in [1.82, 2.24) is 15.4 Å². The molecule has 8 nitrogen and oxygen atoms in total. The van der Waals surface area contributed by atoms with Gasteiger partial charge in [0.2, 0.25) is 5.91 Å². The molecule has 1 aromatic heterocycles. The maximum absolute atomic E-state index is 12.7. The van der Waals surface area contributed by atoms with Gasteiger partial charge in [0.1, 0.15) is 6.04 Å². The summed E-state index contributed by atoms with van der Waals surface area (Å²) in [7, 11) is 0. The Balaban J connectivity index is 1.54. The number of piperidine rings is 1. The SMILES string of the molecule is CCOC(=O)C1CCN(C(=O)C(C)NC(=O)c2cc(-c3ccc(C)cc3)on2)CC1. The minimum atomic E-state index is -0.712. The number of carbonyl (C=O) groups is 3. The van der Waals surface area contributed by atoms with Crippen LogP contribution in [0, 0.1) is 12.8 Å². The third-order valence-corrected chi connectivity index (χ3v) is 5.22. The Morgan fingerprint density at radius 2 is 1.90 bits per heavy atom. The molecule has 3 rings (SSSR count). The molecule has 1 aliphatic rings. The van der Waals surface area contributed by atoms with Crippen LogP contribution < -0.4 is 5.32 Å². The van der Waals surface area contributed by atoms with E-state index in [2.05, 4.69) is 10.5 Å². The van der Waals surface area contributed by atoms with Gasteiger partial charge in [-0.2, -0.15) is 0 Å². The first-order chi connectivity index (χ1) is 14.4. The van der Waals surface area contributed by atoms with Crippen molar-refractivity contribution in [1.29, 1.82) is 0 Å². The molecule has 0 spiro atoms. The summed E-state index contributed by atoms with van der Waals surface area (Å²) in [5.74, 6) is -0.553. The van der Waals surface area contributed by atoms with Crippen molar-refractivity contribution >= 4 is 17.8 Å². The van der Waals surface area contributed by atoms with Crippen LogP contribution >= 0.6 is 0 Å². The zero-order valence-corrected chi connectivity index (χ0v) is 17.5. The summed E-state index contributed by atoms with van der Waals surface area (Å²) in [5, 5.41) is 6.50. The number of esters is 1. The molecule has 1 atom stereocenters. The monoisotopic (exact) mass is 413 g/mol. The highest BCUT2D eigenvalue weighted by atomic mass is 16.5. The normalized spacial score (nSPS) is 15.5. The molecule has 1 unspecified atom stereocenters. The average Bonchev–Trinajstić information content (AvgIpc) is 3.24. The molecule has 0 saturated carbocycles. The quantitative estimate of drug-likeness (QED) is 0.731. The van der Waals surface area contributed by atoms with Gasteiger partial charge in [0.15, 0.2) is 11.5 Å². The van der Waals surface area contributed by atoms with Gasteiger partial charge in [-0.1, -0.05) is 35.0 Å². The topological polar surface area (TPSA) is 102 Å². The Morgan fingerprint density at radius 3 is 2.53 bits per heavy atom. The number of carbonyl (C=O) groups excluding carboxylic acids is 3. The number of aryl methyl sites for hydroxylation is 1. The van der Waals surface area contributed by atoms with Gasteiger partial charge in [0, 0.05) is 24.7 Å². The number of amides is 2. The maximum Gasteiger partial charge on any atom is 0.309 e. The fraction of sp³-hybridized carbons (Fsp3) is 0.455. The molecule has 0 bridgehead atoms. The van der Waals surface area contributed by atoms with Crippen LogP contribution in [0.15, 0.2) is 34.9 Å². The van der Waals surface area contributed by atoms with E-state index in [9.17, 15) is 14.4 Å². The molecule has 1 aromatic carbocycles. The summed E-state index contributed by atoms with van der Waals surface area (Å²) in [4.78, 5) is 38.7. The minimum Gasteiger partial charge on any atom is -0.466 e. The summed E-state index contributed by atoms with van der Waals surface area (Å²) in [6, 6.07) is 8.53. The number of hydrogen-bond acceptors (Lipinski definition) is 6. The molecule has 0 aliphatic carbocycles. The second-order valence-electron chi connectivity index (χ2n) is 7.49. The van der Waals surface area contributed by atoms with Crippen LogP contribution in [0.25, 0.3) is 11.3 Å². The number of aromatic nitrogens is 1. The molecule has 1 N–H and O–H groups in total. The van der Waals surface area contributed by atoms with Crippen LogP contribution in [-0.2, 0) is 14.3 Å². The maximum atomic E-state index is 12.7. The molecule has 30 heavy (non-hydrogen) atoms. The second-order valence-corrected chi connectivity index (χ2v) is 7.49. The average molecular weight is 413 g/mol. The third kappa shape index (κ3) is 5.06. The summed E-state index contributed by atoms with van der Waals surface area (Å²) in [6.45, 7) is 6.68. The van der Waals surface area contributed by atoms with Gasteiger partial charge in [-0.05, 0) is 33.6 Å². The number of benzene rings is 1. The van der Waals surface area contributed by atoms with E-state index in [-0.39, 0.29) is 23.5 Å². The van der Waals surface area contributed by atoms with E-state index in [0.29, 0.717) is 38.3 Å². The zero-order valence-electron chi connectivity index (χ0n) is 17.5. The van der Waals surface area contributed by atoms with E-state index < -0.39 is 11.9 Å². The van der Waals surface area contributed by atoms with Crippen molar-refractivity contribution in [2.45, 2.75) is 39.7 Å². The van der Waals surface area contributed by atoms with E-state index >= 15 is 0 Å². The van der Waals surface area contributed by atoms with Crippen LogP contribution in [0.4, 0.5) is 0 Å². The molecule has 2 heterocycles. The van der Waals surface area contributed by atoms with Crippen molar-refractivity contribution in [2.75, 3.05) is 19.7 Å². The van der Waals surface area contributed by atoms with Gasteiger partial charge < -0.3 is 19.5 Å². The predicted octanol–water partition coefficient (Wildman–Crippen LogP) is 2.57. The second kappa shape index (κ2) is 9.56. The zero-order chi connectivity index (χ0) is 21.7. The standard InChI is InChI=1S/C22H27N3O5/c1-4-29-22(28)17-9-11-25(12-10-17)21(27)15(3)23-20(26)18-13-19(30-24-18)16-7-5-14(2)6-8-16/h5-8,13,15,17H,4,9-12H2,1-3H3,(H,23,26). The van der Waals surface area contributed by atoms with Crippen LogP contribution in [-0.4, -0.2) is 53.6 Å². The summed E-state index contributed by atoms with van der Waals surface area (Å²) < 4.78 is 10.3. The van der Waals surface area contributed by atoms with Crippen LogP contribution in [0.5, 0.6) is 0 Å². The molecular formula is C22H27N3O5. The first-order valence-corrected chi connectivity index (χ1v) is 10.2. The fourth-order valence-corrected chi connectivity index (χ4v) is 3.44. The van der Waals surface area contributed by atoms with E-state index in [1.165, 1.54) is 0 Å². The molecular weight excluding hydrogens is 386 g/mol. The fourth-order valence-electron chi connectivity index (χ4n) is 3.44. The Morgan fingerprint density at radius 1 is 1.23 bits per heavy atom. The Bertz CT molecular complexity index is 898. The summed E-state index contributed by atoms with van der Waals surface area (Å²) >= 11 is 0. The van der Waals surface area contributed by atoms with Crippen LogP contribution in [0.2, 0.25) is 0 Å². The predicted molar refractivity (Wildman–Crippen MR) is 110 cm³/mol. The van der Waals surface area contributed by atoms with E-state index in [1.54, 1.807) is 24.8 Å². The van der Waals surface area contributed by atoms with Crippen molar-refractivity contribution in [3.63, 3.8) is 0 Å². The summed E-state index contributed by atoms with van der Waals surface area (Å²) in [6.07, 6.45) is 1.13. The molecule has 0 radical (unpaired) electrons. The van der Waals surface area contributed by atoms with Gasteiger partial charge in [0.05, 0.1) is 12.5 Å². The van der Waals surface area contributed by atoms with E-state index in [4.69, 9.17) is 9.26 Å². The molecule has 1 saturated heterocycles. The lowest BCUT2D eigenvalue weighted by molar-refractivity contribution is -0.151. The molecule has 160 valence electrons. The van der Waals surface area contributed by atoms with E-state index in [0.717, 1.165) is 11.1 Å². The number of nitrogens with one attached hydrogen (secondary N) is 1. The Labute approximate surface area is 175 Å². The van der Waals surface area contributed by atoms with Gasteiger partial charge in [0.25, 0.3) is 5.91 Å². The lowest BCUT2D eigenvalue weighted by Gasteiger charge is -2.32. The largest absolute Gasteiger partial charge is 0.466 e. The van der Waals surface area contributed by atoms with Crippen molar-refractivity contribution in [2.24, 2.45) is 5.92 Å². The number of ether oxygens (including phenoxy) is 1. The highest BCUT2D eigenvalue weighted by Crippen LogP contribution is 2.21. The third-order valence-electron chi connectivity index (χ3n) is 5.22. The first kappa shape index (κ1) is 21.5. The lowest BCUT2D eigenvalue weighted by atomic mass is 9.96. The van der Waals surface area contributed by atoms with Crippen LogP contribution in [0.1, 0.15) is 42.7 Å². The number of nitrogens with zero attached hydrogens (tertiary/aromatic N) is 2. The van der Waals surface area contributed by atoms with Gasteiger partial charge >= 0.3 is 5.97 Å². The summed E-state index contributed by atoms with van der Waals surface area (Å²) in [5.41, 5.74) is 2.06. The Hall–Kier alpha value is -3.16. The van der Waals surface area contributed by atoms with E-state index in [1.807, 2.05) is 31.2 Å².